The van der Waals surface area contributed by atoms with Crippen LogP contribution in [0.25, 0.3) is 0 Å². The van der Waals surface area contributed by atoms with Crippen LogP contribution in [0.4, 0.5) is 16.2 Å². The van der Waals surface area contributed by atoms with Crippen molar-refractivity contribution in [3.8, 4) is 0 Å². The summed E-state index contributed by atoms with van der Waals surface area (Å²) in [5.74, 6) is 0. The molecule has 5 heteroatoms. The maximum atomic E-state index is 11.6. The molecule has 1 amide bonds. The molecule has 0 bridgehead atoms. The Morgan fingerprint density at radius 1 is 1.00 bits per heavy atom. The zero-order chi connectivity index (χ0) is 15.4. The van der Waals surface area contributed by atoms with Crippen LogP contribution in [0.2, 0.25) is 0 Å². The molecule has 0 aliphatic rings. The summed E-state index contributed by atoms with van der Waals surface area (Å²) in [6, 6.07) is 18.3. The van der Waals surface area contributed by atoms with Crippen molar-refractivity contribution in [2.75, 3.05) is 4.90 Å². The number of anilines is 2. The zero-order valence-electron chi connectivity index (χ0n) is 11.8. The fourth-order valence-corrected chi connectivity index (χ4v) is 2.28. The van der Waals surface area contributed by atoms with Gasteiger partial charge in [-0.1, -0.05) is 30.3 Å². The van der Waals surface area contributed by atoms with E-state index in [4.69, 9.17) is 0 Å². The first-order chi connectivity index (χ1) is 10.7. The third-order valence-corrected chi connectivity index (χ3v) is 3.30. The number of carbonyl (C=O) groups is 1. The van der Waals surface area contributed by atoms with E-state index in [1.165, 1.54) is 4.90 Å². The van der Waals surface area contributed by atoms with Crippen LogP contribution in [0.1, 0.15) is 5.56 Å². The van der Waals surface area contributed by atoms with Gasteiger partial charge in [-0.15, -0.1) is 0 Å². The van der Waals surface area contributed by atoms with Crippen molar-refractivity contribution in [3.05, 3.63) is 78.6 Å². The van der Waals surface area contributed by atoms with Crippen molar-refractivity contribution in [3.63, 3.8) is 0 Å². The minimum atomic E-state index is -1.01. The van der Waals surface area contributed by atoms with E-state index < -0.39 is 6.09 Å². The lowest BCUT2D eigenvalue weighted by Gasteiger charge is -2.19. The summed E-state index contributed by atoms with van der Waals surface area (Å²) in [5.41, 5.74) is 2.29. The quantitative estimate of drug-likeness (QED) is 0.797. The van der Waals surface area contributed by atoms with Gasteiger partial charge < -0.3 is 5.11 Å². The van der Waals surface area contributed by atoms with E-state index in [2.05, 4.69) is 5.10 Å². The molecule has 0 aliphatic heterocycles. The van der Waals surface area contributed by atoms with Gasteiger partial charge in [0.05, 0.1) is 17.9 Å². The minimum Gasteiger partial charge on any atom is -0.464 e. The second kappa shape index (κ2) is 6.13. The molecule has 0 unspecified atom stereocenters. The molecule has 110 valence electrons. The topological polar surface area (TPSA) is 58.4 Å². The molecule has 0 aliphatic carbocycles. The Kier molecular flexibility index (Phi) is 3.87. The highest BCUT2D eigenvalue weighted by Gasteiger charge is 2.16. The van der Waals surface area contributed by atoms with Crippen LogP contribution < -0.4 is 4.90 Å². The maximum absolute atomic E-state index is 11.6. The number of rotatable bonds is 4. The summed E-state index contributed by atoms with van der Waals surface area (Å²) < 4.78 is 1.82. The van der Waals surface area contributed by atoms with Gasteiger partial charge in [-0.05, 0) is 35.9 Å². The molecule has 0 saturated heterocycles. The average Bonchev–Trinajstić information content (AvgIpc) is 3.03. The zero-order valence-corrected chi connectivity index (χ0v) is 11.8. The molecule has 3 rings (SSSR count). The molecule has 3 aromatic rings. The van der Waals surface area contributed by atoms with Crippen LogP contribution in [0.5, 0.6) is 0 Å². The molecule has 0 fully saturated rings. The first kappa shape index (κ1) is 13.9. The number of aromatic nitrogens is 2. The van der Waals surface area contributed by atoms with Crippen molar-refractivity contribution in [2.45, 2.75) is 6.54 Å². The lowest BCUT2D eigenvalue weighted by atomic mass is 10.2. The van der Waals surface area contributed by atoms with E-state index in [0.717, 1.165) is 5.56 Å². The molecule has 5 nitrogen and oxygen atoms in total. The average molecular weight is 293 g/mol. The SMILES string of the molecule is O=C(O)N(c1ccccc1)c1ccc(Cn2cccn2)cc1. The van der Waals surface area contributed by atoms with Crippen LogP contribution in [-0.2, 0) is 6.54 Å². The number of amides is 1. The van der Waals surface area contributed by atoms with Gasteiger partial charge in [0.25, 0.3) is 0 Å². The smallest absolute Gasteiger partial charge is 0.416 e. The summed E-state index contributed by atoms with van der Waals surface area (Å²) >= 11 is 0. The Morgan fingerprint density at radius 3 is 2.27 bits per heavy atom. The Morgan fingerprint density at radius 2 is 1.68 bits per heavy atom. The predicted molar refractivity (Wildman–Crippen MR) is 84.4 cm³/mol. The predicted octanol–water partition coefficient (Wildman–Crippen LogP) is 3.75. The molecular weight excluding hydrogens is 278 g/mol. The Labute approximate surface area is 128 Å². The highest BCUT2D eigenvalue weighted by Crippen LogP contribution is 2.25. The van der Waals surface area contributed by atoms with E-state index >= 15 is 0 Å². The molecule has 1 aromatic heterocycles. The van der Waals surface area contributed by atoms with Gasteiger partial charge in [0, 0.05) is 12.4 Å². The first-order valence-electron chi connectivity index (χ1n) is 6.88. The van der Waals surface area contributed by atoms with Crippen molar-refractivity contribution in [1.29, 1.82) is 0 Å². The molecule has 22 heavy (non-hydrogen) atoms. The van der Waals surface area contributed by atoms with Gasteiger partial charge >= 0.3 is 6.09 Å². The lowest BCUT2D eigenvalue weighted by molar-refractivity contribution is 0.205. The number of hydrogen-bond acceptors (Lipinski definition) is 2. The van der Waals surface area contributed by atoms with Crippen LogP contribution in [0, 0.1) is 0 Å². The summed E-state index contributed by atoms with van der Waals surface area (Å²) in [6.07, 6.45) is 2.61. The van der Waals surface area contributed by atoms with Crippen LogP contribution in [0.3, 0.4) is 0 Å². The van der Waals surface area contributed by atoms with Gasteiger partial charge in [0.15, 0.2) is 0 Å². The highest BCUT2D eigenvalue weighted by atomic mass is 16.4. The summed E-state index contributed by atoms with van der Waals surface area (Å²) in [7, 11) is 0. The number of hydrogen-bond donors (Lipinski definition) is 1. The van der Waals surface area contributed by atoms with Crippen molar-refractivity contribution in [2.24, 2.45) is 0 Å². The fourth-order valence-electron chi connectivity index (χ4n) is 2.28. The van der Waals surface area contributed by atoms with E-state index in [0.29, 0.717) is 17.9 Å². The van der Waals surface area contributed by atoms with Gasteiger partial charge in [-0.2, -0.15) is 5.10 Å². The second-order valence-electron chi connectivity index (χ2n) is 4.82. The van der Waals surface area contributed by atoms with E-state index in [-0.39, 0.29) is 0 Å². The summed E-state index contributed by atoms with van der Waals surface area (Å²) in [6.45, 7) is 0.658. The van der Waals surface area contributed by atoms with Crippen LogP contribution in [0.15, 0.2) is 73.1 Å². The van der Waals surface area contributed by atoms with Crippen LogP contribution in [-0.4, -0.2) is 21.0 Å². The number of benzene rings is 2. The monoisotopic (exact) mass is 293 g/mol. The summed E-state index contributed by atoms with van der Waals surface area (Å²) in [4.78, 5) is 12.8. The van der Waals surface area contributed by atoms with E-state index in [1.807, 2.05) is 47.3 Å². The largest absolute Gasteiger partial charge is 0.464 e. The Hall–Kier alpha value is -3.08. The molecule has 0 saturated carbocycles. The molecular formula is C17H15N3O2. The normalized spacial score (nSPS) is 10.4. The molecule has 2 aromatic carbocycles. The molecule has 0 atom stereocenters. The van der Waals surface area contributed by atoms with Gasteiger partial charge in [-0.25, -0.2) is 9.69 Å². The van der Waals surface area contributed by atoms with Gasteiger partial charge in [0.1, 0.15) is 0 Å². The summed E-state index contributed by atoms with van der Waals surface area (Å²) in [5, 5.41) is 13.6. The standard InChI is InChI=1S/C17H15N3O2/c21-17(22)20(15-5-2-1-3-6-15)16-9-7-14(8-10-16)13-19-12-4-11-18-19/h1-12H,13H2,(H,21,22). The minimum absolute atomic E-state index is 0.614. The maximum Gasteiger partial charge on any atom is 0.416 e. The number of para-hydroxylation sites is 1. The van der Waals surface area contributed by atoms with Gasteiger partial charge in [0.2, 0.25) is 0 Å². The van der Waals surface area contributed by atoms with E-state index in [1.54, 1.807) is 30.5 Å². The van der Waals surface area contributed by atoms with Crippen molar-refractivity contribution in [1.82, 2.24) is 9.78 Å². The highest BCUT2D eigenvalue weighted by molar-refractivity contribution is 5.94. The van der Waals surface area contributed by atoms with Crippen LogP contribution >= 0.6 is 0 Å². The molecule has 0 spiro atoms. The molecule has 1 N–H and O–H groups in total. The number of nitrogens with zero attached hydrogens (tertiary/aromatic N) is 3. The first-order valence-corrected chi connectivity index (χ1v) is 6.88. The second-order valence-corrected chi connectivity index (χ2v) is 4.82. The molecule has 1 heterocycles. The third kappa shape index (κ3) is 2.98. The lowest BCUT2D eigenvalue weighted by Crippen LogP contribution is -2.23. The van der Waals surface area contributed by atoms with E-state index in [9.17, 15) is 9.90 Å². The van der Waals surface area contributed by atoms with Crippen molar-refractivity contribution < 1.29 is 9.90 Å². The fraction of sp³-hybridized carbons (Fsp3) is 0.0588. The Balaban J connectivity index is 1.85. The number of carboxylic acid groups (broad SMARTS) is 1. The third-order valence-electron chi connectivity index (χ3n) is 3.30. The molecule has 0 radical (unpaired) electrons. The van der Waals surface area contributed by atoms with Gasteiger partial charge in [-0.3, -0.25) is 4.68 Å². The van der Waals surface area contributed by atoms with Crippen molar-refractivity contribution >= 4 is 17.5 Å². The Bertz CT molecular complexity index is 737.